The van der Waals surface area contributed by atoms with Gasteiger partial charge < -0.3 is 0 Å². The van der Waals surface area contributed by atoms with Crippen molar-refractivity contribution >= 4 is 50.1 Å². The van der Waals surface area contributed by atoms with Crippen molar-refractivity contribution < 1.29 is 4.79 Å². The molecule has 4 aromatic rings. The number of fused-ring (bicyclic) bond motifs is 1. The molecule has 0 spiro atoms. The van der Waals surface area contributed by atoms with E-state index in [2.05, 4.69) is 26.0 Å². The minimum Gasteiger partial charge on any atom is -0.296 e. The molecule has 124 valence electrons. The molecule has 0 unspecified atom stereocenters. The molecule has 0 fully saturated rings. The van der Waals surface area contributed by atoms with Gasteiger partial charge in [0.05, 0.1) is 0 Å². The highest BCUT2D eigenvalue weighted by molar-refractivity contribution is 9.10. The maximum Gasteiger partial charge on any atom is 0.213 e. The third-order valence-corrected chi connectivity index (χ3v) is 5.47. The lowest BCUT2D eigenvalue weighted by Gasteiger charge is -1.99. The maximum atomic E-state index is 11.6. The van der Waals surface area contributed by atoms with Gasteiger partial charge >= 0.3 is 0 Å². The Balaban J connectivity index is 1.72. The first-order valence-electron chi connectivity index (χ1n) is 7.48. The summed E-state index contributed by atoms with van der Waals surface area (Å²) in [5.41, 5.74) is 3.12. The molecule has 0 radical (unpaired) electrons. The van der Waals surface area contributed by atoms with E-state index >= 15 is 0 Å². The molecule has 2 aromatic carbocycles. The van der Waals surface area contributed by atoms with Crippen LogP contribution in [0.4, 0.5) is 0 Å². The first-order chi connectivity index (χ1) is 12.1. The van der Waals surface area contributed by atoms with Gasteiger partial charge in [-0.25, -0.2) is 4.98 Å². The molecule has 25 heavy (non-hydrogen) atoms. The Kier molecular flexibility index (Phi) is 4.41. The van der Waals surface area contributed by atoms with E-state index < -0.39 is 0 Å². The van der Waals surface area contributed by atoms with Gasteiger partial charge in [0, 0.05) is 21.5 Å². The number of carbonyl (C=O) groups excluding carboxylic acids is 1. The van der Waals surface area contributed by atoms with E-state index in [1.807, 2.05) is 48.5 Å². The van der Waals surface area contributed by atoms with Crippen molar-refractivity contribution in [3.63, 3.8) is 0 Å². The van der Waals surface area contributed by atoms with Gasteiger partial charge in [0.25, 0.3) is 0 Å². The summed E-state index contributed by atoms with van der Waals surface area (Å²) in [5.74, 6) is 0. The Labute approximate surface area is 161 Å². The van der Waals surface area contributed by atoms with Gasteiger partial charge in [0.15, 0.2) is 6.29 Å². The molecule has 0 saturated heterocycles. The fourth-order valence-electron chi connectivity index (χ4n) is 2.58. The molecule has 0 aliphatic heterocycles. The van der Waals surface area contributed by atoms with Crippen LogP contribution < -0.4 is 0 Å². The molecule has 2 heterocycles. The SMILES string of the molecule is O=Cc1c(-c2ccc(Br)cc2)nc2sc(Cc3ccc(Cl)cc3)nn12. The fourth-order valence-corrected chi connectivity index (χ4v) is 3.90. The van der Waals surface area contributed by atoms with Crippen molar-refractivity contribution in [1.82, 2.24) is 14.6 Å². The second kappa shape index (κ2) is 6.71. The van der Waals surface area contributed by atoms with Crippen LogP contribution in [0.15, 0.2) is 53.0 Å². The predicted octanol–water partition coefficient (Wildman–Crippen LogP) is 5.28. The molecule has 7 heteroatoms. The summed E-state index contributed by atoms with van der Waals surface area (Å²) >= 11 is 10.8. The van der Waals surface area contributed by atoms with Crippen LogP contribution in [0.25, 0.3) is 16.2 Å². The summed E-state index contributed by atoms with van der Waals surface area (Å²) in [6, 6.07) is 15.4. The van der Waals surface area contributed by atoms with Gasteiger partial charge in [-0.1, -0.05) is 63.1 Å². The van der Waals surface area contributed by atoms with Crippen molar-refractivity contribution in [1.29, 1.82) is 0 Å². The molecule has 4 rings (SSSR count). The lowest BCUT2D eigenvalue weighted by atomic mass is 10.1. The third kappa shape index (κ3) is 3.25. The largest absolute Gasteiger partial charge is 0.296 e. The van der Waals surface area contributed by atoms with Crippen molar-refractivity contribution in [2.75, 3.05) is 0 Å². The molecular formula is C18H11BrClN3OS. The summed E-state index contributed by atoms with van der Waals surface area (Å²) in [6.07, 6.45) is 1.49. The first-order valence-corrected chi connectivity index (χ1v) is 9.47. The molecule has 0 aliphatic rings. The van der Waals surface area contributed by atoms with Crippen LogP contribution in [-0.4, -0.2) is 20.9 Å². The van der Waals surface area contributed by atoms with Crippen LogP contribution in [0.2, 0.25) is 5.02 Å². The lowest BCUT2D eigenvalue weighted by molar-refractivity contribution is 0.111. The molecule has 4 nitrogen and oxygen atoms in total. The summed E-state index contributed by atoms with van der Waals surface area (Å²) in [5, 5.41) is 6.17. The highest BCUT2D eigenvalue weighted by atomic mass is 79.9. The van der Waals surface area contributed by atoms with E-state index in [0.29, 0.717) is 27.8 Å². The van der Waals surface area contributed by atoms with Crippen molar-refractivity contribution in [2.24, 2.45) is 0 Å². The average Bonchev–Trinajstić information content (AvgIpc) is 3.14. The second-order valence-electron chi connectivity index (χ2n) is 5.46. The Morgan fingerprint density at radius 3 is 2.52 bits per heavy atom. The predicted molar refractivity (Wildman–Crippen MR) is 104 cm³/mol. The molecule has 0 N–H and O–H groups in total. The zero-order valence-electron chi connectivity index (χ0n) is 12.8. The number of hydrogen-bond acceptors (Lipinski definition) is 4. The van der Waals surface area contributed by atoms with E-state index in [4.69, 9.17) is 11.6 Å². The average molecular weight is 433 g/mol. The Morgan fingerprint density at radius 2 is 1.84 bits per heavy atom. The van der Waals surface area contributed by atoms with Crippen LogP contribution in [0.1, 0.15) is 21.1 Å². The number of nitrogens with zero attached hydrogens (tertiary/aromatic N) is 3. The van der Waals surface area contributed by atoms with Gasteiger partial charge in [-0.2, -0.15) is 9.61 Å². The normalized spacial score (nSPS) is 11.1. The number of halogens is 2. The molecule has 0 atom stereocenters. The van der Waals surface area contributed by atoms with E-state index in [0.717, 1.165) is 26.9 Å². The zero-order valence-corrected chi connectivity index (χ0v) is 16.0. The summed E-state index contributed by atoms with van der Waals surface area (Å²) in [7, 11) is 0. The highest BCUT2D eigenvalue weighted by Crippen LogP contribution is 2.28. The Hall–Kier alpha value is -2.02. The van der Waals surface area contributed by atoms with Crippen LogP contribution >= 0.6 is 38.9 Å². The minimum absolute atomic E-state index is 0.468. The molecule has 0 bridgehead atoms. The van der Waals surface area contributed by atoms with E-state index in [9.17, 15) is 4.79 Å². The monoisotopic (exact) mass is 431 g/mol. The van der Waals surface area contributed by atoms with Crippen molar-refractivity contribution in [2.45, 2.75) is 6.42 Å². The number of benzene rings is 2. The number of rotatable bonds is 4. The van der Waals surface area contributed by atoms with E-state index in [1.54, 1.807) is 4.52 Å². The molecule has 2 aromatic heterocycles. The highest BCUT2D eigenvalue weighted by Gasteiger charge is 2.17. The van der Waals surface area contributed by atoms with Crippen LogP contribution in [0, 0.1) is 0 Å². The van der Waals surface area contributed by atoms with Crippen LogP contribution in [-0.2, 0) is 6.42 Å². The maximum absolute atomic E-state index is 11.6. The standard InChI is InChI=1S/C18H11BrClN3OS/c19-13-5-3-12(4-6-13)17-15(10-24)23-18(21-17)25-16(22-23)9-11-1-7-14(20)8-2-11/h1-8,10H,9H2. The van der Waals surface area contributed by atoms with E-state index in [1.165, 1.54) is 11.3 Å². The Morgan fingerprint density at radius 1 is 1.12 bits per heavy atom. The van der Waals surface area contributed by atoms with Gasteiger partial charge in [-0.3, -0.25) is 4.79 Å². The zero-order chi connectivity index (χ0) is 17.4. The summed E-state index contributed by atoms with van der Waals surface area (Å²) in [6.45, 7) is 0. The van der Waals surface area contributed by atoms with Crippen LogP contribution in [0.5, 0.6) is 0 Å². The third-order valence-electron chi connectivity index (χ3n) is 3.78. The van der Waals surface area contributed by atoms with Gasteiger partial charge in [-0.15, -0.1) is 0 Å². The number of aldehydes is 1. The smallest absolute Gasteiger partial charge is 0.213 e. The second-order valence-corrected chi connectivity index (χ2v) is 7.86. The molecule has 0 amide bonds. The minimum atomic E-state index is 0.468. The molecule has 0 saturated carbocycles. The number of aromatic nitrogens is 3. The summed E-state index contributed by atoms with van der Waals surface area (Å²) in [4.78, 5) is 17.0. The molecule has 0 aliphatic carbocycles. The summed E-state index contributed by atoms with van der Waals surface area (Å²) < 4.78 is 2.61. The van der Waals surface area contributed by atoms with Crippen molar-refractivity contribution in [3.8, 4) is 11.3 Å². The Bertz CT molecular complexity index is 1050. The van der Waals surface area contributed by atoms with Gasteiger partial charge in [0.1, 0.15) is 16.4 Å². The fraction of sp³-hybridized carbons (Fsp3) is 0.0556. The van der Waals surface area contributed by atoms with Crippen LogP contribution in [0.3, 0.4) is 0 Å². The van der Waals surface area contributed by atoms with E-state index in [-0.39, 0.29) is 0 Å². The topological polar surface area (TPSA) is 47.3 Å². The number of carbonyl (C=O) groups is 1. The number of hydrogen-bond donors (Lipinski definition) is 0. The molecular weight excluding hydrogens is 422 g/mol. The van der Waals surface area contributed by atoms with Gasteiger partial charge in [0.2, 0.25) is 4.96 Å². The van der Waals surface area contributed by atoms with Gasteiger partial charge in [-0.05, 0) is 29.8 Å². The lowest BCUT2D eigenvalue weighted by Crippen LogP contribution is -1.96. The quantitative estimate of drug-likeness (QED) is 0.412. The first kappa shape index (κ1) is 16.4. The van der Waals surface area contributed by atoms with Crippen molar-refractivity contribution in [3.05, 3.63) is 74.3 Å². The number of imidazole rings is 1.